The third kappa shape index (κ3) is 2.41. The average Bonchev–Trinajstić information content (AvgIpc) is 2.24. The highest BCUT2D eigenvalue weighted by molar-refractivity contribution is 6.30. The summed E-state index contributed by atoms with van der Waals surface area (Å²) in [6.07, 6.45) is 4.73. The van der Waals surface area contributed by atoms with E-state index in [4.69, 9.17) is 11.6 Å². The topological polar surface area (TPSA) is 30.9 Å². The molecule has 2 heterocycles. The third-order valence-corrected chi connectivity index (χ3v) is 1.91. The van der Waals surface area contributed by atoms with Gasteiger partial charge in [0.15, 0.2) is 12.4 Å². The van der Waals surface area contributed by atoms with Crippen molar-refractivity contribution in [3.8, 4) is 0 Å². The first kappa shape index (κ1) is 9.86. The van der Waals surface area contributed by atoms with Crippen LogP contribution in [0.25, 0.3) is 5.43 Å². The van der Waals surface area contributed by atoms with Crippen LogP contribution in [0.5, 0.6) is 0 Å². The number of hydrogen-bond acceptors (Lipinski definition) is 1. The maximum Gasteiger partial charge on any atom is 0.182 e. The maximum absolute atomic E-state index is 13.3. The zero-order chi connectivity index (χ0) is 10.7. The molecule has 76 valence electrons. The van der Waals surface area contributed by atoms with Gasteiger partial charge < -0.3 is 4.98 Å². The summed E-state index contributed by atoms with van der Waals surface area (Å²) in [5.74, 6) is -0.533. The smallest absolute Gasteiger partial charge is 0.182 e. The molecule has 5 heteroatoms. The Morgan fingerprint density at radius 3 is 2.67 bits per heavy atom. The van der Waals surface area contributed by atoms with Gasteiger partial charge in [-0.3, -0.25) is 0 Å². The van der Waals surface area contributed by atoms with Gasteiger partial charge in [0.25, 0.3) is 0 Å². The van der Waals surface area contributed by atoms with E-state index in [-0.39, 0.29) is 10.8 Å². The highest BCUT2D eigenvalue weighted by Gasteiger charge is 2.00. The molecule has 0 aromatic carbocycles. The number of nitrogens with zero attached hydrogens (tertiary/aromatic N) is 3. The summed E-state index contributed by atoms with van der Waals surface area (Å²) >= 11 is 5.57. The molecule has 15 heavy (non-hydrogen) atoms. The Kier molecular flexibility index (Phi) is 2.78. The fraction of sp³-hybridized carbons (Fsp3) is 0. The second-order valence-corrected chi connectivity index (χ2v) is 3.25. The summed E-state index contributed by atoms with van der Waals surface area (Å²) in [4.78, 5) is 3.78. The second kappa shape index (κ2) is 4.23. The van der Waals surface area contributed by atoms with Crippen LogP contribution in [0.1, 0.15) is 0 Å². The standard InChI is InChI=1S/C10H7ClFN3/c11-8-6-9(12)10(13-7-8)14-15-4-2-1-3-5-15/h1-7H. The Labute approximate surface area is 91.1 Å². The Morgan fingerprint density at radius 1 is 1.27 bits per heavy atom. The quantitative estimate of drug-likeness (QED) is 0.720. The van der Waals surface area contributed by atoms with Crippen LogP contribution >= 0.6 is 11.6 Å². The summed E-state index contributed by atoms with van der Waals surface area (Å²) in [6.45, 7) is 0. The van der Waals surface area contributed by atoms with Gasteiger partial charge in [0.2, 0.25) is 0 Å². The molecule has 3 nitrogen and oxygen atoms in total. The molecule has 0 fully saturated rings. The monoisotopic (exact) mass is 223 g/mol. The van der Waals surface area contributed by atoms with Gasteiger partial charge in [0.05, 0.1) is 0 Å². The predicted octanol–water partition coefficient (Wildman–Crippen LogP) is 2.63. The Bertz CT molecular complexity index is 461. The lowest BCUT2D eigenvalue weighted by atomic mass is 10.4. The van der Waals surface area contributed by atoms with Crippen LogP contribution < -0.4 is 4.68 Å². The van der Waals surface area contributed by atoms with E-state index < -0.39 is 5.82 Å². The van der Waals surface area contributed by atoms with E-state index in [2.05, 4.69) is 10.4 Å². The van der Waals surface area contributed by atoms with Gasteiger partial charge in [-0.05, 0) is 6.07 Å². The van der Waals surface area contributed by atoms with E-state index in [0.717, 1.165) is 0 Å². The number of aromatic nitrogens is 2. The fourth-order valence-electron chi connectivity index (χ4n) is 1.05. The van der Waals surface area contributed by atoms with Crippen LogP contribution in [0, 0.1) is 5.82 Å². The predicted molar refractivity (Wildman–Crippen MR) is 54.3 cm³/mol. The van der Waals surface area contributed by atoms with Crippen LogP contribution in [0.3, 0.4) is 0 Å². The first-order valence-electron chi connectivity index (χ1n) is 4.25. The van der Waals surface area contributed by atoms with Gasteiger partial charge in [-0.2, -0.15) is 10.1 Å². The summed E-state index contributed by atoms with van der Waals surface area (Å²) in [5, 5.41) is 0.254. The van der Waals surface area contributed by atoms with E-state index in [0.29, 0.717) is 0 Å². The summed E-state index contributed by atoms with van der Waals surface area (Å²) in [5.41, 5.74) is 3.95. The van der Waals surface area contributed by atoms with Crippen molar-refractivity contribution in [2.24, 2.45) is 0 Å². The highest BCUT2D eigenvalue weighted by atomic mass is 35.5. The Balaban J connectivity index is 2.25. The average molecular weight is 224 g/mol. The van der Waals surface area contributed by atoms with Crippen molar-refractivity contribution in [2.45, 2.75) is 0 Å². The molecule has 0 aliphatic rings. The molecule has 0 aliphatic carbocycles. The van der Waals surface area contributed by atoms with Crippen molar-refractivity contribution in [1.29, 1.82) is 0 Å². The van der Waals surface area contributed by atoms with E-state index >= 15 is 0 Å². The molecule has 0 radical (unpaired) electrons. The zero-order valence-electron chi connectivity index (χ0n) is 7.64. The van der Waals surface area contributed by atoms with Crippen molar-refractivity contribution in [2.75, 3.05) is 0 Å². The molecule has 0 spiro atoms. The molecular formula is C10H7ClFN3. The second-order valence-electron chi connectivity index (χ2n) is 2.81. The first-order chi connectivity index (χ1) is 7.25. The summed E-state index contributed by atoms with van der Waals surface area (Å²) < 4.78 is 14.8. The van der Waals surface area contributed by atoms with Crippen molar-refractivity contribution in [3.63, 3.8) is 0 Å². The highest BCUT2D eigenvalue weighted by Crippen LogP contribution is 2.19. The molecule has 0 saturated carbocycles. The van der Waals surface area contributed by atoms with Crippen LogP contribution in [0.2, 0.25) is 5.02 Å². The number of pyridine rings is 2. The van der Waals surface area contributed by atoms with Gasteiger partial charge in [0.1, 0.15) is 5.82 Å². The number of rotatable bonds is 2. The number of halogens is 2. The fourth-order valence-corrected chi connectivity index (χ4v) is 1.19. The molecule has 0 atom stereocenters. The largest absolute Gasteiger partial charge is 0.435 e. The zero-order valence-corrected chi connectivity index (χ0v) is 8.39. The molecule has 0 aliphatic heterocycles. The van der Waals surface area contributed by atoms with Crippen molar-refractivity contribution < 1.29 is 9.07 Å². The van der Waals surface area contributed by atoms with E-state index in [1.54, 1.807) is 24.5 Å². The number of hydrogen-bond donors (Lipinski definition) is 0. The SMILES string of the molecule is Fc1cc(Cl)cnc1[N-][n+]1ccccc1. The molecule has 0 N–H and O–H groups in total. The lowest BCUT2D eigenvalue weighted by molar-refractivity contribution is -0.619. The lowest BCUT2D eigenvalue weighted by Crippen LogP contribution is -2.26. The van der Waals surface area contributed by atoms with Gasteiger partial charge in [-0.25, -0.2) is 4.39 Å². The molecule has 2 aromatic rings. The van der Waals surface area contributed by atoms with Crippen LogP contribution in [0.15, 0.2) is 42.9 Å². The molecule has 2 aromatic heterocycles. The summed E-state index contributed by atoms with van der Waals surface area (Å²) in [6, 6.07) is 6.60. The van der Waals surface area contributed by atoms with Crippen molar-refractivity contribution >= 4 is 17.4 Å². The lowest BCUT2D eigenvalue weighted by Gasteiger charge is -2.09. The van der Waals surface area contributed by atoms with Gasteiger partial charge in [-0.15, -0.1) is 0 Å². The molecule has 0 unspecified atom stereocenters. The van der Waals surface area contributed by atoms with Gasteiger partial charge in [-0.1, -0.05) is 23.9 Å². The molecule has 0 amide bonds. The molecule has 0 bridgehead atoms. The van der Waals surface area contributed by atoms with Crippen molar-refractivity contribution in [1.82, 2.24) is 4.98 Å². The van der Waals surface area contributed by atoms with Crippen LogP contribution in [-0.4, -0.2) is 4.98 Å². The Morgan fingerprint density at radius 2 is 2.00 bits per heavy atom. The van der Waals surface area contributed by atoms with E-state index in [1.165, 1.54) is 16.9 Å². The molecule has 2 rings (SSSR count). The minimum Gasteiger partial charge on any atom is -0.435 e. The molecule has 0 saturated heterocycles. The maximum atomic E-state index is 13.3. The molecular weight excluding hydrogens is 217 g/mol. The van der Waals surface area contributed by atoms with Crippen LogP contribution in [0.4, 0.5) is 10.2 Å². The minimum absolute atomic E-state index is 0.00981. The van der Waals surface area contributed by atoms with Gasteiger partial charge >= 0.3 is 0 Å². The van der Waals surface area contributed by atoms with E-state index in [9.17, 15) is 4.39 Å². The minimum atomic E-state index is -0.543. The van der Waals surface area contributed by atoms with E-state index in [1.807, 2.05) is 6.07 Å². The first-order valence-corrected chi connectivity index (χ1v) is 4.63. The van der Waals surface area contributed by atoms with Gasteiger partial charge in [0, 0.05) is 23.0 Å². The Hall–Kier alpha value is -1.68. The normalized spacial score (nSPS) is 10.0. The third-order valence-electron chi connectivity index (χ3n) is 1.70. The van der Waals surface area contributed by atoms with Crippen molar-refractivity contribution in [3.05, 3.63) is 59.1 Å². The van der Waals surface area contributed by atoms with Crippen LogP contribution in [-0.2, 0) is 0 Å². The summed E-state index contributed by atoms with van der Waals surface area (Å²) in [7, 11) is 0.